The van der Waals surface area contributed by atoms with E-state index in [1.807, 2.05) is 0 Å². The highest BCUT2D eigenvalue weighted by atomic mass is 16.6. The molecule has 100 valence electrons. The summed E-state index contributed by atoms with van der Waals surface area (Å²) in [6.45, 7) is 4.71. The third-order valence-electron chi connectivity index (χ3n) is 2.66. The van der Waals surface area contributed by atoms with Crippen molar-refractivity contribution in [3.63, 3.8) is 0 Å². The number of nitrogens with two attached hydrogens (primary N) is 1. The van der Waals surface area contributed by atoms with Gasteiger partial charge < -0.3 is 20.5 Å². The molecule has 1 saturated heterocycles. The van der Waals surface area contributed by atoms with Crippen LogP contribution in [0, 0.1) is 0 Å². The Kier molecular flexibility index (Phi) is 4.72. The van der Waals surface area contributed by atoms with Crippen LogP contribution < -0.4 is 11.1 Å². The second kappa shape index (κ2) is 6.51. The summed E-state index contributed by atoms with van der Waals surface area (Å²) < 4.78 is 10.9. The van der Waals surface area contributed by atoms with E-state index in [1.54, 1.807) is 6.07 Å². The molecule has 18 heavy (non-hydrogen) atoms. The third-order valence-corrected chi connectivity index (χ3v) is 2.66. The minimum absolute atomic E-state index is 0.0737. The SMILES string of the molecule is CCCc1nc(N)cc(NCC2COCCO2)n1. The van der Waals surface area contributed by atoms with Crippen molar-refractivity contribution >= 4 is 11.6 Å². The number of nitrogen functional groups attached to an aromatic ring is 1. The summed E-state index contributed by atoms with van der Waals surface area (Å²) in [6, 6.07) is 1.74. The maximum absolute atomic E-state index is 5.75. The quantitative estimate of drug-likeness (QED) is 0.808. The molecule has 1 aromatic rings. The molecule has 6 heteroatoms. The van der Waals surface area contributed by atoms with Crippen molar-refractivity contribution in [2.45, 2.75) is 25.9 Å². The molecule has 0 radical (unpaired) electrons. The molecule has 0 amide bonds. The normalized spacial score (nSPS) is 19.7. The lowest BCUT2D eigenvalue weighted by Gasteiger charge is -2.23. The average Bonchev–Trinajstić information content (AvgIpc) is 2.37. The van der Waals surface area contributed by atoms with Crippen molar-refractivity contribution in [1.29, 1.82) is 0 Å². The van der Waals surface area contributed by atoms with Crippen LogP contribution in [-0.2, 0) is 15.9 Å². The molecule has 0 aromatic carbocycles. The monoisotopic (exact) mass is 252 g/mol. The number of nitrogens with zero attached hydrogens (tertiary/aromatic N) is 2. The molecule has 0 spiro atoms. The molecule has 1 unspecified atom stereocenters. The summed E-state index contributed by atoms with van der Waals surface area (Å²) in [5.74, 6) is 2.03. The van der Waals surface area contributed by atoms with Crippen LogP contribution in [0.25, 0.3) is 0 Å². The number of nitrogens with one attached hydrogen (secondary N) is 1. The van der Waals surface area contributed by atoms with E-state index in [2.05, 4.69) is 22.2 Å². The van der Waals surface area contributed by atoms with Gasteiger partial charge in [-0.1, -0.05) is 6.92 Å². The van der Waals surface area contributed by atoms with Crippen molar-refractivity contribution in [2.75, 3.05) is 37.4 Å². The van der Waals surface area contributed by atoms with Gasteiger partial charge in [0.25, 0.3) is 0 Å². The highest BCUT2D eigenvalue weighted by molar-refractivity contribution is 5.44. The molecule has 1 aromatic heterocycles. The highest BCUT2D eigenvalue weighted by Crippen LogP contribution is 2.10. The van der Waals surface area contributed by atoms with Gasteiger partial charge in [-0.25, -0.2) is 9.97 Å². The van der Waals surface area contributed by atoms with Crippen LogP contribution in [0.5, 0.6) is 0 Å². The molecular weight excluding hydrogens is 232 g/mol. The zero-order chi connectivity index (χ0) is 12.8. The number of anilines is 2. The number of aromatic nitrogens is 2. The van der Waals surface area contributed by atoms with E-state index in [0.717, 1.165) is 24.5 Å². The zero-order valence-corrected chi connectivity index (χ0v) is 10.7. The minimum Gasteiger partial charge on any atom is -0.384 e. The van der Waals surface area contributed by atoms with Gasteiger partial charge in [0.1, 0.15) is 17.5 Å². The van der Waals surface area contributed by atoms with Gasteiger partial charge in [-0.05, 0) is 6.42 Å². The van der Waals surface area contributed by atoms with Gasteiger partial charge in [0.05, 0.1) is 25.9 Å². The Bertz CT molecular complexity index is 380. The maximum Gasteiger partial charge on any atom is 0.133 e. The first-order chi connectivity index (χ1) is 8.78. The standard InChI is InChI=1S/C12H20N4O2/c1-2-3-11-15-10(13)6-12(16-11)14-7-9-8-17-4-5-18-9/h6,9H,2-5,7-8H2,1H3,(H3,13,14,15,16). The molecule has 6 nitrogen and oxygen atoms in total. The van der Waals surface area contributed by atoms with E-state index in [0.29, 0.717) is 32.2 Å². The van der Waals surface area contributed by atoms with Gasteiger partial charge in [-0.15, -0.1) is 0 Å². The van der Waals surface area contributed by atoms with Gasteiger partial charge >= 0.3 is 0 Å². The molecular formula is C12H20N4O2. The summed E-state index contributed by atoms with van der Waals surface area (Å²) >= 11 is 0. The summed E-state index contributed by atoms with van der Waals surface area (Å²) in [4.78, 5) is 8.60. The smallest absolute Gasteiger partial charge is 0.133 e. The number of rotatable bonds is 5. The zero-order valence-electron chi connectivity index (χ0n) is 10.7. The fourth-order valence-electron chi connectivity index (χ4n) is 1.82. The van der Waals surface area contributed by atoms with E-state index in [9.17, 15) is 0 Å². The predicted molar refractivity (Wildman–Crippen MR) is 69.5 cm³/mol. The van der Waals surface area contributed by atoms with E-state index >= 15 is 0 Å². The van der Waals surface area contributed by atoms with Crippen LogP contribution in [0.3, 0.4) is 0 Å². The van der Waals surface area contributed by atoms with E-state index < -0.39 is 0 Å². The van der Waals surface area contributed by atoms with E-state index in [4.69, 9.17) is 15.2 Å². The molecule has 1 atom stereocenters. The van der Waals surface area contributed by atoms with Crippen molar-refractivity contribution in [3.8, 4) is 0 Å². The second-order valence-corrected chi connectivity index (χ2v) is 4.29. The summed E-state index contributed by atoms with van der Waals surface area (Å²) in [6.07, 6.45) is 1.91. The average molecular weight is 252 g/mol. The first kappa shape index (κ1) is 13.0. The number of aryl methyl sites for hydroxylation is 1. The first-order valence-electron chi connectivity index (χ1n) is 6.34. The molecule has 1 aliphatic rings. The number of hydrogen-bond donors (Lipinski definition) is 2. The van der Waals surface area contributed by atoms with Gasteiger partial charge in [0, 0.05) is 19.0 Å². The Morgan fingerprint density at radius 2 is 2.33 bits per heavy atom. The lowest BCUT2D eigenvalue weighted by molar-refractivity contribution is -0.0819. The van der Waals surface area contributed by atoms with E-state index in [-0.39, 0.29) is 6.10 Å². The van der Waals surface area contributed by atoms with Gasteiger partial charge in [-0.3, -0.25) is 0 Å². The third kappa shape index (κ3) is 3.82. The lowest BCUT2D eigenvalue weighted by Crippen LogP contribution is -2.34. The molecule has 1 fully saturated rings. The molecule has 2 heterocycles. The maximum atomic E-state index is 5.75. The van der Waals surface area contributed by atoms with Crippen molar-refractivity contribution < 1.29 is 9.47 Å². The van der Waals surface area contributed by atoms with Crippen molar-refractivity contribution in [2.24, 2.45) is 0 Å². The minimum atomic E-state index is 0.0737. The van der Waals surface area contributed by atoms with Crippen LogP contribution in [0.4, 0.5) is 11.6 Å². The van der Waals surface area contributed by atoms with Crippen LogP contribution in [-0.4, -0.2) is 42.4 Å². The number of ether oxygens (including phenoxy) is 2. The fraction of sp³-hybridized carbons (Fsp3) is 0.667. The molecule has 0 bridgehead atoms. The molecule has 3 N–H and O–H groups in total. The van der Waals surface area contributed by atoms with Crippen LogP contribution in [0.2, 0.25) is 0 Å². The van der Waals surface area contributed by atoms with Crippen molar-refractivity contribution in [3.05, 3.63) is 11.9 Å². The van der Waals surface area contributed by atoms with Crippen LogP contribution >= 0.6 is 0 Å². The Morgan fingerprint density at radius 1 is 1.44 bits per heavy atom. The Morgan fingerprint density at radius 3 is 3.06 bits per heavy atom. The molecule has 2 rings (SSSR count). The fourth-order valence-corrected chi connectivity index (χ4v) is 1.82. The summed E-state index contributed by atoms with van der Waals surface area (Å²) in [7, 11) is 0. The Hall–Kier alpha value is -1.40. The van der Waals surface area contributed by atoms with Gasteiger partial charge in [0.2, 0.25) is 0 Å². The van der Waals surface area contributed by atoms with E-state index in [1.165, 1.54) is 0 Å². The van der Waals surface area contributed by atoms with Gasteiger partial charge in [0.15, 0.2) is 0 Å². The van der Waals surface area contributed by atoms with Crippen molar-refractivity contribution in [1.82, 2.24) is 9.97 Å². The Balaban J connectivity index is 1.91. The largest absolute Gasteiger partial charge is 0.384 e. The van der Waals surface area contributed by atoms with Crippen LogP contribution in [0.15, 0.2) is 6.07 Å². The second-order valence-electron chi connectivity index (χ2n) is 4.29. The van der Waals surface area contributed by atoms with Gasteiger partial charge in [-0.2, -0.15) is 0 Å². The first-order valence-corrected chi connectivity index (χ1v) is 6.34. The molecule has 1 aliphatic heterocycles. The summed E-state index contributed by atoms with van der Waals surface area (Å²) in [5.41, 5.74) is 5.75. The lowest BCUT2D eigenvalue weighted by atomic mass is 10.3. The highest BCUT2D eigenvalue weighted by Gasteiger charge is 2.14. The summed E-state index contributed by atoms with van der Waals surface area (Å²) in [5, 5.41) is 3.22. The Labute approximate surface area is 107 Å². The number of hydrogen-bond acceptors (Lipinski definition) is 6. The molecule has 0 saturated carbocycles. The topological polar surface area (TPSA) is 82.3 Å². The predicted octanol–water partition coefficient (Wildman–Crippen LogP) is 0.839. The van der Waals surface area contributed by atoms with Crippen LogP contribution in [0.1, 0.15) is 19.2 Å². The molecule has 0 aliphatic carbocycles.